The number of urea groups is 1. The lowest BCUT2D eigenvalue weighted by atomic mass is 9.85. The van der Waals surface area contributed by atoms with Crippen LogP contribution in [-0.4, -0.2) is 147 Å². The molecule has 494 valence electrons. The number of Topliss-reactive ketones (excluding diaryl/α,β-unsaturated/α-hetero) is 3. The molecule has 0 radical (unpaired) electrons. The number of cyclic esters (lactones) is 1. The molecule has 93 heavy (non-hydrogen) atoms. The Hall–Kier alpha value is -8.75. The Balaban J connectivity index is 0.767. The summed E-state index contributed by atoms with van der Waals surface area (Å²) in [7, 11) is -3.54. The van der Waals surface area contributed by atoms with Crippen molar-refractivity contribution in [3.05, 3.63) is 123 Å². The molecule has 26 nitrogen and oxygen atoms in total. The number of pyridine rings is 2. The summed E-state index contributed by atoms with van der Waals surface area (Å²) in [4.78, 5) is 118. The highest BCUT2D eigenvalue weighted by Crippen LogP contribution is 2.42. The van der Waals surface area contributed by atoms with E-state index in [1.165, 1.54) is 26.9 Å². The van der Waals surface area contributed by atoms with Gasteiger partial charge in [-0.2, -0.15) is 4.31 Å². The first kappa shape index (κ1) is 70.1. The van der Waals surface area contributed by atoms with Crippen LogP contribution in [0.25, 0.3) is 22.3 Å². The van der Waals surface area contributed by atoms with Crippen molar-refractivity contribution < 1.29 is 65.7 Å². The number of aromatic nitrogens is 7. The number of ether oxygens (including phenoxy) is 5. The number of nitrogens with one attached hydrogen (secondary N) is 2. The summed E-state index contributed by atoms with van der Waals surface area (Å²) in [6, 6.07) is 14.3. The predicted octanol–water partition coefficient (Wildman–Crippen LogP) is 6.53. The van der Waals surface area contributed by atoms with Gasteiger partial charge in [0.2, 0.25) is 21.5 Å². The van der Waals surface area contributed by atoms with Crippen molar-refractivity contribution in [1.82, 2.24) is 44.1 Å². The van der Waals surface area contributed by atoms with Gasteiger partial charge in [0.15, 0.2) is 16.7 Å². The maximum atomic E-state index is 14.4. The van der Waals surface area contributed by atoms with Gasteiger partial charge in [0, 0.05) is 105 Å². The summed E-state index contributed by atoms with van der Waals surface area (Å²) in [5.74, 6) is 3.30. The lowest BCUT2D eigenvalue weighted by Crippen LogP contribution is -2.47. The zero-order valence-electron chi connectivity index (χ0n) is 52.7. The molecule has 0 unspecified atom stereocenters. The quantitative estimate of drug-likeness (QED) is 0.0125. The number of sulfonamides is 1. The third-order valence-electron chi connectivity index (χ3n) is 15.8. The van der Waals surface area contributed by atoms with E-state index in [9.17, 15) is 46.8 Å². The number of nitrogens with zero attached hydrogens (tertiary/aromatic N) is 8. The van der Waals surface area contributed by atoms with Gasteiger partial charge in [0.05, 0.1) is 59.7 Å². The third-order valence-corrected chi connectivity index (χ3v) is 17.8. The van der Waals surface area contributed by atoms with Crippen LogP contribution in [0.1, 0.15) is 124 Å². The number of aryl methyl sites for hydroxylation is 1. The molecule has 28 heteroatoms. The number of nitrogens with two attached hydrogens (primary N) is 1. The SMILES string of the molecule is CC[C@@]1(OC(=O)OCc2ccc(NC(=O)[C@H](CCCNC(N)=O)CC(=O)COCC(=O)CCCOCCn3cc(CCC(=O)CCCC#Cc4cnc(SC)nc4)nn3)cc2)C(=O)OCc2c1cc1n(c2=O)Cc2c-1nc1ccccc1c2CCN(C(C)C)S(C)(=O)=O. The van der Waals surface area contributed by atoms with Gasteiger partial charge in [0.1, 0.15) is 32.2 Å². The topological polar surface area (TPSA) is 344 Å². The number of primary amides is 1. The number of hydrogen-bond donors (Lipinski definition) is 3. The number of ketones is 3. The molecule has 0 spiro atoms. The molecule has 2 aliphatic rings. The van der Waals surface area contributed by atoms with Gasteiger partial charge in [-0.05, 0) is 100 Å². The monoisotopic (exact) mass is 1320 g/mol. The van der Waals surface area contributed by atoms with E-state index in [-0.39, 0.29) is 93.9 Å². The second-order valence-electron chi connectivity index (χ2n) is 22.8. The molecule has 8 rings (SSSR count). The minimum atomic E-state index is -3.54. The number of rotatable bonds is 35. The molecule has 4 N–H and O–H groups in total. The molecular weight excluding hydrogens is 1240 g/mol. The smallest absolute Gasteiger partial charge is 0.457 e. The Morgan fingerprint density at radius 3 is 2.40 bits per heavy atom. The second kappa shape index (κ2) is 33.2. The van der Waals surface area contributed by atoms with Crippen LogP contribution in [-0.2, 0) is 102 Å². The Morgan fingerprint density at radius 2 is 1.67 bits per heavy atom. The molecular formula is C65H77N11O15S2. The van der Waals surface area contributed by atoms with Crippen molar-refractivity contribution in [1.29, 1.82) is 0 Å². The lowest BCUT2D eigenvalue weighted by molar-refractivity contribution is -0.175. The van der Waals surface area contributed by atoms with E-state index in [1.807, 2.05) is 30.5 Å². The van der Waals surface area contributed by atoms with E-state index in [0.29, 0.717) is 110 Å². The number of fused-ring (bicyclic) bond motifs is 5. The number of esters is 1. The molecule has 0 aliphatic carbocycles. The molecule has 2 aromatic carbocycles. The minimum Gasteiger partial charge on any atom is -0.457 e. The maximum absolute atomic E-state index is 14.4. The normalized spacial score (nSPS) is 14.3. The predicted molar refractivity (Wildman–Crippen MR) is 343 cm³/mol. The van der Waals surface area contributed by atoms with Crippen molar-refractivity contribution in [2.75, 3.05) is 57.3 Å². The Bertz CT molecular complexity index is 3940. The molecule has 2 atom stereocenters. The van der Waals surface area contributed by atoms with E-state index >= 15 is 0 Å². The van der Waals surface area contributed by atoms with E-state index in [2.05, 4.69) is 42.8 Å². The zero-order chi connectivity index (χ0) is 66.7. The summed E-state index contributed by atoms with van der Waals surface area (Å²) in [6.45, 7) is 5.31. The number of carbonyl (C=O) groups excluding carboxylic acids is 7. The Morgan fingerprint density at radius 1 is 0.914 bits per heavy atom. The summed E-state index contributed by atoms with van der Waals surface area (Å²) >= 11 is 1.46. The number of amides is 3. The van der Waals surface area contributed by atoms with E-state index in [1.54, 1.807) is 74.4 Å². The van der Waals surface area contributed by atoms with Crippen LogP contribution in [0.2, 0.25) is 0 Å². The second-order valence-corrected chi connectivity index (χ2v) is 25.5. The molecule has 3 amide bonds. The van der Waals surface area contributed by atoms with Gasteiger partial charge in [-0.25, -0.2) is 42.4 Å². The van der Waals surface area contributed by atoms with E-state index in [4.69, 9.17) is 34.4 Å². The molecule has 4 aromatic heterocycles. The molecule has 0 saturated heterocycles. The first-order valence-corrected chi connectivity index (χ1v) is 33.8. The molecule has 0 bridgehead atoms. The van der Waals surface area contributed by atoms with Gasteiger partial charge in [0.25, 0.3) is 5.56 Å². The molecule has 6 aromatic rings. The average molecular weight is 1320 g/mol. The number of thioether (sulfide) groups is 1. The highest BCUT2D eigenvalue weighted by molar-refractivity contribution is 7.98. The van der Waals surface area contributed by atoms with Gasteiger partial charge in [-0.1, -0.05) is 66.1 Å². The van der Waals surface area contributed by atoms with Crippen LogP contribution < -0.4 is 21.9 Å². The number of anilines is 1. The van der Waals surface area contributed by atoms with Crippen LogP contribution in [0.4, 0.5) is 15.3 Å². The van der Waals surface area contributed by atoms with Gasteiger partial charge in [-0.3, -0.25) is 24.0 Å². The molecule has 0 fully saturated rings. The number of para-hydroxylation sites is 1. The van der Waals surface area contributed by atoms with E-state index < -0.39 is 63.6 Å². The van der Waals surface area contributed by atoms with Crippen LogP contribution >= 0.6 is 11.8 Å². The number of benzene rings is 2. The van der Waals surface area contributed by atoms with Crippen molar-refractivity contribution >= 4 is 79.8 Å². The first-order chi connectivity index (χ1) is 44.7. The zero-order valence-corrected chi connectivity index (χ0v) is 54.4. The van der Waals surface area contributed by atoms with Gasteiger partial charge in [-0.15, -0.1) is 5.10 Å². The van der Waals surface area contributed by atoms with Crippen LogP contribution in [0.3, 0.4) is 0 Å². The minimum absolute atomic E-state index is 0.115. The number of hydrogen-bond acceptors (Lipinski definition) is 21. The van der Waals surface area contributed by atoms with Gasteiger partial charge >= 0.3 is 18.2 Å². The summed E-state index contributed by atoms with van der Waals surface area (Å²) in [5, 5.41) is 15.0. The summed E-state index contributed by atoms with van der Waals surface area (Å²) < 4.78 is 58.2. The van der Waals surface area contributed by atoms with Gasteiger partial charge < -0.3 is 44.6 Å². The van der Waals surface area contributed by atoms with Crippen LogP contribution in [0.15, 0.2) is 83.1 Å². The molecule has 2 aliphatic heterocycles. The lowest BCUT2D eigenvalue weighted by Gasteiger charge is -2.35. The highest BCUT2D eigenvalue weighted by atomic mass is 32.2. The fraction of sp³-hybridized carbons (Fsp3) is 0.462. The maximum Gasteiger partial charge on any atom is 0.510 e. The van der Waals surface area contributed by atoms with Crippen molar-refractivity contribution in [3.8, 4) is 23.2 Å². The first-order valence-electron chi connectivity index (χ1n) is 30.7. The summed E-state index contributed by atoms with van der Waals surface area (Å²) in [6.07, 6.45) is 10.5. The van der Waals surface area contributed by atoms with Crippen molar-refractivity contribution in [2.24, 2.45) is 11.7 Å². The van der Waals surface area contributed by atoms with Crippen molar-refractivity contribution in [3.63, 3.8) is 0 Å². The average Bonchev–Trinajstić information content (AvgIpc) is 1.67. The Kier molecular flexibility index (Phi) is 25.0. The van der Waals surface area contributed by atoms with Crippen LogP contribution in [0, 0.1) is 17.8 Å². The highest BCUT2D eigenvalue weighted by Gasteiger charge is 2.51. The fourth-order valence-electron chi connectivity index (χ4n) is 11.0. The standard InChI is InChI=1S/C65H77N11O15S2/c1-6-65(55-33-57-58-53(37-75(57)60(81)54(55)41-89-61(65)82)51(52-18-10-11-19-56(52)71-58)26-28-76(42(2)3)93(5,85)86)91-64(84)90-38-43-20-22-46(23-21-43)70-59(80)45(15-12-27-67-62(66)83)32-50(79)40-88-39-49(78)17-13-30-87-31-29-74-36-47(72-73-74)24-25-48(77)16-9-7-8-14-44-34-68-63(92-4)69-35-44/h10-11,18-23,33-36,42,45H,6-7,9,12-13,15-17,24-32,37-41H2,1-5H3,(H,70,80)(H3,66,67,83)/t45-,65+/m1/s1. The summed E-state index contributed by atoms with van der Waals surface area (Å²) in [5.41, 5.74) is 8.23. The third kappa shape index (κ3) is 19.2. The number of unbranched alkanes of at least 4 members (excludes halogenated alkanes) is 1. The van der Waals surface area contributed by atoms with Crippen molar-refractivity contribution in [2.45, 2.75) is 141 Å². The molecule has 0 saturated carbocycles. The number of carbonyl (C=O) groups is 7. The van der Waals surface area contributed by atoms with E-state index in [0.717, 1.165) is 22.1 Å². The fourth-order valence-corrected chi connectivity index (χ4v) is 12.5. The Labute approximate surface area is 542 Å². The molecule has 6 heterocycles. The largest absolute Gasteiger partial charge is 0.510 e. The van der Waals surface area contributed by atoms with Crippen LogP contribution in [0.5, 0.6) is 0 Å².